The first-order chi connectivity index (χ1) is 15.7. The van der Waals surface area contributed by atoms with Gasteiger partial charge < -0.3 is 20.0 Å². The fraction of sp³-hybridized carbons (Fsp3) is 0.692. The number of anilines is 2. The van der Waals surface area contributed by atoms with E-state index in [1.165, 1.54) is 4.90 Å². The summed E-state index contributed by atoms with van der Waals surface area (Å²) in [5.74, 6) is 0.545. The summed E-state index contributed by atoms with van der Waals surface area (Å²) in [6.07, 6.45) is 5.09. The molecule has 2 saturated heterocycles. The van der Waals surface area contributed by atoms with E-state index in [9.17, 15) is 19.8 Å². The minimum atomic E-state index is -0.931. The molecule has 1 saturated carbocycles. The van der Waals surface area contributed by atoms with E-state index < -0.39 is 6.09 Å². The highest BCUT2D eigenvalue weighted by Gasteiger charge is 2.50. The second-order valence-corrected chi connectivity index (χ2v) is 10.8. The van der Waals surface area contributed by atoms with Gasteiger partial charge in [-0.15, -0.1) is 0 Å². The third-order valence-electron chi connectivity index (χ3n) is 7.84. The SMILES string of the molecule is Cc1cc(N(CC(C)C)C(=O)O)ccc1N1CCC[C@]2(CCN([C@H]3CC[C@H](O)CC3)C2=O)C1. The molecule has 0 aromatic heterocycles. The number of benzene rings is 1. The molecule has 182 valence electrons. The summed E-state index contributed by atoms with van der Waals surface area (Å²) in [6.45, 7) is 9.00. The minimum absolute atomic E-state index is 0.207. The van der Waals surface area contributed by atoms with Gasteiger partial charge in [-0.05, 0) is 81.5 Å². The van der Waals surface area contributed by atoms with Gasteiger partial charge >= 0.3 is 6.09 Å². The van der Waals surface area contributed by atoms with Gasteiger partial charge in [-0.2, -0.15) is 0 Å². The lowest BCUT2D eigenvalue weighted by Gasteiger charge is -2.42. The van der Waals surface area contributed by atoms with E-state index >= 15 is 0 Å². The lowest BCUT2D eigenvalue weighted by atomic mass is 9.78. The summed E-state index contributed by atoms with van der Waals surface area (Å²) in [5, 5.41) is 19.5. The van der Waals surface area contributed by atoms with E-state index in [1.54, 1.807) is 0 Å². The molecule has 3 aliphatic rings. The number of carbonyl (C=O) groups excluding carboxylic acids is 1. The zero-order chi connectivity index (χ0) is 23.8. The lowest BCUT2D eigenvalue weighted by molar-refractivity contribution is -0.139. The fourth-order valence-electron chi connectivity index (χ4n) is 6.10. The predicted octanol–water partition coefficient (Wildman–Crippen LogP) is 4.26. The van der Waals surface area contributed by atoms with Crippen molar-refractivity contribution in [3.05, 3.63) is 23.8 Å². The van der Waals surface area contributed by atoms with E-state index in [-0.39, 0.29) is 23.5 Å². The third-order valence-corrected chi connectivity index (χ3v) is 7.84. The van der Waals surface area contributed by atoms with Gasteiger partial charge in [-0.25, -0.2) is 4.79 Å². The highest BCUT2D eigenvalue weighted by molar-refractivity contribution is 5.87. The molecule has 2 N–H and O–H groups in total. The second kappa shape index (κ2) is 9.53. The molecule has 4 rings (SSSR count). The Morgan fingerprint density at radius 2 is 1.91 bits per heavy atom. The maximum absolute atomic E-state index is 13.6. The largest absolute Gasteiger partial charge is 0.465 e. The van der Waals surface area contributed by atoms with E-state index in [0.717, 1.165) is 75.8 Å². The van der Waals surface area contributed by atoms with Crippen LogP contribution >= 0.6 is 0 Å². The number of carbonyl (C=O) groups is 2. The molecule has 7 heteroatoms. The monoisotopic (exact) mass is 457 g/mol. The van der Waals surface area contributed by atoms with Crippen molar-refractivity contribution in [3.8, 4) is 0 Å². The van der Waals surface area contributed by atoms with Gasteiger partial charge in [-0.3, -0.25) is 9.69 Å². The minimum Gasteiger partial charge on any atom is -0.465 e. The first kappa shape index (κ1) is 23.9. The van der Waals surface area contributed by atoms with Crippen molar-refractivity contribution >= 4 is 23.4 Å². The molecule has 1 aromatic carbocycles. The van der Waals surface area contributed by atoms with Crippen LogP contribution in [0.4, 0.5) is 16.2 Å². The van der Waals surface area contributed by atoms with Gasteiger partial charge in [0.15, 0.2) is 0 Å². The number of likely N-dealkylation sites (tertiary alicyclic amines) is 1. The van der Waals surface area contributed by atoms with Crippen molar-refractivity contribution in [2.75, 3.05) is 36.0 Å². The maximum atomic E-state index is 13.6. The summed E-state index contributed by atoms with van der Waals surface area (Å²) in [4.78, 5) is 31.3. The molecule has 1 aromatic rings. The van der Waals surface area contributed by atoms with E-state index in [2.05, 4.69) is 9.80 Å². The molecule has 0 radical (unpaired) electrons. The van der Waals surface area contributed by atoms with Gasteiger partial charge in [0, 0.05) is 43.6 Å². The average molecular weight is 458 g/mol. The smallest absolute Gasteiger partial charge is 0.411 e. The Balaban J connectivity index is 1.49. The predicted molar refractivity (Wildman–Crippen MR) is 130 cm³/mol. The molecule has 33 heavy (non-hydrogen) atoms. The van der Waals surface area contributed by atoms with Gasteiger partial charge in [0.25, 0.3) is 0 Å². The summed E-state index contributed by atoms with van der Waals surface area (Å²) >= 11 is 0. The van der Waals surface area contributed by atoms with Gasteiger partial charge in [0.2, 0.25) is 5.91 Å². The number of aliphatic hydroxyl groups is 1. The lowest BCUT2D eigenvalue weighted by Crippen LogP contribution is -2.50. The van der Waals surface area contributed by atoms with Crippen LogP contribution in [0.15, 0.2) is 18.2 Å². The van der Waals surface area contributed by atoms with E-state index in [0.29, 0.717) is 18.1 Å². The standard InChI is InChI=1S/C26H39N3O4/c1-18(2)16-29(25(32)33)21-7-10-23(19(3)15-21)27-13-4-11-26(17-27)12-14-28(24(26)31)20-5-8-22(30)9-6-20/h7,10,15,18,20,22,30H,4-6,8-9,11-14,16-17H2,1-3H3,(H,32,33)/t20-,22-,26-/m0/s1. The van der Waals surface area contributed by atoms with Crippen molar-refractivity contribution in [1.82, 2.24) is 4.90 Å². The Bertz CT molecular complexity index is 880. The second-order valence-electron chi connectivity index (χ2n) is 10.8. The fourth-order valence-corrected chi connectivity index (χ4v) is 6.10. The zero-order valence-electron chi connectivity index (χ0n) is 20.3. The number of hydrogen-bond donors (Lipinski definition) is 2. The molecule has 1 spiro atoms. The Hall–Kier alpha value is -2.28. The molecule has 3 fully saturated rings. The van der Waals surface area contributed by atoms with Crippen LogP contribution in [0.2, 0.25) is 0 Å². The highest BCUT2D eigenvalue weighted by Crippen LogP contribution is 2.44. The summed E-state index contributed by atoms with van der Waals surface area (Å²) in [7, 11) is 0. The van der Waals surface area contributed by atoms with Crippen molar-refractivity contribution < 1.29 is 19.8 Å². The van der Waals surface area contributed by atoms with Crippen LogP contribution in [-0.2, 0) is 4.79 Å². The molecule has 0 bridgehead atoms. The first-order valence-electron chi connectivity index (χ1n) is 12.6. The van der Waals surface area contributed by atoms with Crippen molar-refractivity contribution in [2.24, 2.45) is 11.3 Å². The van der Waals surface area contributed by atoms with Crippen molar-refractivity contribution in [2.45, 2.75) is 77.9 Å². The van der Waals surface area contributed by atoms with Crippen molar-refractivity contribution in [1.29, 1.82) is 0 Å². The van der Waals surface area contributed by atoms with Crippen molar-refractivity contribution in [3.63, 3.8) is 0 Å². The zero-order valence-corrected chi connectivity index (χ0v) is 20.3. The number of hydrogen-bond acceptors (Lipinski definition) is 4. The van der Waals surface area contributed by atoms with E-state index in [1.807, 2.05) is 39.0 Å². The number of amides is 2. The summed E-state index contributed by atoms with van der Waals surface area (Å²) in [6, 6.07) is 6.17. The molecule has 2 aliphatic heterocycles. The average Bonchev–Trinajstić information content (AvgIpc) is 3.07. The van der Waals surface area contributed by atoms with Crippen LogP contribution in [0.5, 0.6) is 0 Å². The van der Waals surface area contributed by atoms with Gasteiger partial charge in [0.1, 0.15) is 0 Å². The van der Waals surface area contributed by atoms with Crippen LogP contribution in [0.3, 0.4) is 0 Å². The maximum Gasteiger partial charge on any atom is 0.411 e. The Morgan fingerprint density at radius 3 is 2.55 bits per heavy atom. The molecule has 7 nitrogen and oxygen atoms in total. The summed E-state index contributed by atoms with van der Waals surface area (Å²) < 4.78 is 0. The molecule has 1 aliphatic carbocycles. The topological polar surface area (TPSA) is 84.3 Å². The Morgan fingerprint density at radius 1 is 1.18 bits per heavy atom. The van der Waals surface area contributed by atoms with Crippen LogP contribution in [0, 0.1) is 18.3 Å². The Labute approximate surface area is 197 Å². The summed E-state index contributed by atoms with van der Waals surface area (Å²) in [5.41, 5.74) is 2.53. The number of rotatable bonds is 5. The number of piperidine rings is 1. The molecule has 2 amide bonds. The van der Waals surface area contributed by atoms with Crippen LogP contribution in [0.25, 0.3) is 0 Å². The number of aliphatic hydroxyl groups excluding tert-OH is 1. The Kier molecular flexibility index (Phi) is 6.89. The first-order valence-corrected chi connectivity index (χ1v) is 12.6. The molecule has 0 unspecified atom stereocenters. The molecule has 2 heterocycles. The molecular weight excluding hydrogens is 418 g/mol. The number of carboxylic acid groups (broad SMARTS) is 1. The number of nitrogens with zero attached hydrogens (tertiary/aromatic N) is 3. The van der Waals surface area contributed by atoms with Gasteiger partial charge in [0.05, 0.1) is 11.5 Å². The number of aryl methyl sites for hydroxylation is 1. The quantitative estimate of drug-likeness (QED) is 0.690. The third kappa shape index (κ3) is 4.84. The molecular formula is C26H39N3O4. The van der Waals surface area contributed by atoms with Gasteiger partial charge in [-0.1, -0.05) is 13.8 Å². The van der Waals surface area contributed by atoms with Crippen LogP contribution < -0.4 is 9.80 Å². The van der Waals surface area contributed by atoms with E-state index in [4.69, 9.17) is 0 Å². The molecule has 1 atom stereocenters. The van der Waals surface area contributed by atoms with Crippen LogP contribution in [-0.4, -0.2) is 65.4 Å². The highest BCUT2D eigenvalue weighted by atomic mass is 16.4. The van der Waals surface area contributed by atoms with Crippen LogP contribution in [0.1, 0.15) is 64.4 Å². The normalized spacial score (nSPS) is 28.1.